The minimum Gasteiger partial charge on any atom is -0.378 e. The molecule has 0 saturated heterocycles. The standard InChI is InChI=1S/C17H15FN2S/c1-20(2)14-7-3-12(4-8-14)5-10-17-19-15-11-13(18)6-9-16(15)21-17/h3-11H,1-2H3/b10-5+. The van der Waals surface area contributed by atoms with Crippen LogP contribution in [0.5, 0.6) is 0 Å². The Labute approximate surface area is 127 Å². The number of anilines is 1. The van der Waals surface area contributed by atoms with Crippen LogP contribution in [0, 0.1) is 5.82 Å². The van der Waals surface area contributed by atoms with Crippen molar-refractivity contribution in [3.8, 4) is 0 Å². The number of hydrogen-bond acceptors (Lipinski definition) is 3. The molecule has 0 aliphatic carbocycles. The predicted octanol–water partition coefficient (Wildman–Crippen LogP) is 4.67. The van der Waals surface area contributed by atoms with E-state index >= 15 is 0 Å². The van der Waals surface area contributed by atoms with Gasteiger partial charge in [0.2, 0.25) is 0 Å². The van der Waals surface area contributed by atoms with Crippen molar-refractivity contribution < 1.29 is 4.39 Å². The van der Waals surface area contributed by atoms with Crippen molar-refractivity contribution in [1.82, 2.24) is 4.98 Å². The molecular weight excluding hydrogens is 283 g/mol. The molecule has 0 radical (unpaired) electrons. The van der Waals surface area contributed by atoms with Gasteiger partial charge in [-0.25, -0.2) is 9.37 Å². The highest BCUT2D eigenvalue weighted by Gasteiger charge is 2.02. The second kappa shape index (κ2) is 5.66. The molecule has 1 aromatic heterocycles. The molecule has 2 nitrogen and oxygen atoms in total. The van der Waals surface area contributed by atoms with E-state index in [1.54, 1.807) is 17.4 Å². The topological polar surface area (TPSA) is 16.1 Å². The van der Waals surface area contributed by atoms with Gasteiger partial charge in [0.15, 0.2) is 0 Å². The fraction of sp³-hybridized carbons (Fsp3) is 0.118. The molecule has 2 aromatic carbocycles. The van der Waals surface area contributed by atoms with Crippen molar-refractivity contribution in [2.75, 3.05) is 19.0 Å². The Morgan fingerprint density at radius 2 is 1.81 bits per heavy atom. The molecule has 3 rings (SSSR count). The van der Waals surface area contributed by atoms with Crippen LogP contribution < -0.4 is 4.90 Å². The molecule has 106 valence electrons. The van der Waals surface area contributed by atoms with Crippen LogP contribution in [-0.2, 0) is 0 Å². The van der Waals surface area contributed by atoms with Crippen molar-refractivity contribution in [3.63, 3.8) is 0 Å². The maximum Gasteiger partial charge on any atom is 0.125 e. The van der Waals surface area contributed by atoms with Crippen LogP contribution in [0.1, 0.15) is 10.6 Å². The van der Waals surface area contributed by atoms with Crippen LogP contribution in [0.2, 0.25) is 0 Å². The number of fused-ring (bicyclic) bond motifs is 1. The first-order chi connectivity index (χ1) is 10.1. The van der Waals surface area contributed by atoms with Gasteiger partial charge in [0.25, 0.3) is 0 Å². The average molecular weight is 298 g/mol. The number of aromatic nitrogens is 1. The van der Waals surface area contributed by atoms with Gasteiger partial charge in [-0.2, -0.15) is 0 Å². The van der Waals surface area contributed by atoms with Crippen LogP contribution in [0.15, 0.2) is 42.5 Å². The van der Waals surface area contributed by atoms with E-state index in [0.29, 0.717) is 5.52 Å². The Kier molecular flexibility index (Phi) is 3.71. The molecule has 21 heavy (non-hydrogen) atoms. The smallest absolute Gasteiger partial charge is 0.125 e. The van der Waals surface area contributed by atoms with E-state index in [1.165, 1.54) is 17.8 Å². The van der Waals surface area contributed by atoms with Crippen molar-refractivity contribution in [1.29, 1.82) is 0 Å². The monoisotopic (exact) mass is 298 g/mol. The summed E-state index contributed by atoms with van der Waals surface area (Å²) in [4.78, 5) is 6.48. The molecule has 0 amide bonds. The molecule has 0 unspecified atom stereocenters. The molecule has 0 saturated carbocycles. The Bertz CT molecular complexity index is 788. The summed E-state index contributed by atoms with van der Waals surface area (Å²) in [7, 11) is 4.04. The third kappa shape index (κ3) is 3.11. The summed E-state index contributed by atoms with van der Waals surface area (Å²) in [5, 5.41) is 0.882. The van der Waals surface area contributed by atoms with E-state index in [2.05, 4.69) is 34.1 Å². The lowest BCUT2D eigenvalue weighted by molar-refractivity contribution is 0.629. The first kappa shape index (κ1) is 13.8. The van der Waals surface area contributed by atoms with Gasteiger partial charge in [0.1, 0.15) is 10.8 Å². The zero-order valence-electron chi connectivity index (χ0n) is 11.9. The maximum atomic E-state index is 13.1. The Hall–Kier alpha value is -2.20. The van der Waals surface area contributed by atoms with Gasteiger partial charge in [0, 0.05) is 25.8 Å². The van der Waals surface area contributed by atoms with E-state index < -0.39 is 0 Å². The summed E-state index contributed by atoms with van der Waals surface area (Å²) < 4.78 is 14.1. The highest BCUT2D eigenvalue weighted by atomic mass is 32.1. The number of rotatable bonds is 3. The van der Waals surface area contributed by atoms with E-state index in [-0.39, 0.29) is 5.82 Å². The first-order valence-electron chi connectivity index (χ1n) is 6.63. The minimum atomic E-state index is -0.248. The molecule has 0 bridgehead atoms. The highest BCUT2D eigenvalue weighted by Crippen LogP contribution is 2.24. The number of hydrogen-bond donors (Lipinski definition) is 0. The van der Waals surface area contributed by atoms with Gasteiger partial charge in [-0.15, -0.1) is 11.3 Å². The van der Waals surface area contributed by atoms with Crippen molar-refractivity contribution in [2.45, 2.75) is 0 Å². The zero-order valence-corrected chi connectivity index (χ0v) is 12.7. The van der Waals surface area contributed by atoms with Gasteiger partial charge in [-0.05, 0) is 35.9 Å². The Morgan fingerprint density at radius 3 is 2.52 bits per heavy atom. The Balaban J connectivity index is 1.83. The lowest BCUT2D eigenvalue weighted by atomic mass is 10.2. The third-order valence-corrected chi connectivity index (χ3v) is 4.20. The molecule has 0 fully saturated rings. The van der Waals surface area contributed by atoms with Crippen LogP contribution >= 0.6 is 11.3 Å². The van der Waals surface area contributed by atoms with E-state index in [4.69, 9.17) is 0 Å². The summed E-state index contributed by atoms with van der Waals surface area (Å²) in [6, 6.07) is 13.0. The fourth-order valence-electron chi connectivity index (χ4n) is 2.04. The third-order valence-electron chi connectivity index (χ3n) is 3.19. The molecule has 1 heterocycles. The summed E-state index contributed by atoms with van der Waals surface area (Å²) in [6.45, 7) is 0. The first-order valence-corrected chi connectivity index (χ1v) is 7.45. The number of benzene rings is 2. The molecule has 0 atom stereocenters. The molecule has 0 spiro atoms. The molecule has 3 aromatic rings. The fourth-order valence-corrected chi connectivity index (χ4v) is 2.89. The van der Waals surface area contributed by atoms with E-state index in [0.717, 1.165) is 15.3 Å². The quantitative estimate of drug-likeness (QED) is 0.698. The molecule has 4 heteroatoms. The lowest BCUT2D eigenvalue weighted by Crippen LogP contribution is -2.07. The molecular formula is C17H15FN2S. The van der Waals surface area contributed by atoms with E-state index in [1.807, 2.05) is 26.2 Å². The highest BCUT2D eigenvalue weighted by molar-refractivity contribution is 7.19. The SMILES string of the molecule is CN(C)c1ccc(/C=C/c2nc3cc(F)ccc3s2)cc1. The lowest BCUT2D eigenvalue weighted by Gasteiger charge is -2.11. The average Bonchev–Trinajstić information content (AvgIpc) is 2.87. The summed E-state index contributed by atoms with van der Waals surface area (Å²) in [5.74, 6) is -0.248. The summed E-state index contributed by atoms with van der Waals surface area (Å²) >= 11 is 1.56. The van der Waals surface area contributed by atoms with Gasteiger partial charge in [-0.3, -0.25) is 0 Å². The van der Waals surface area contributed by atoms with Crippen molar-refractivity contribution >= 4 is 39.4 Å². The van der Waals surface area contributed by atoms with E-state index in [9.17, 15) is 4.39 Å². The number of halogens is 1. The van der Waals surface area contributed by atoms with Gasteiger partial charge < -0.3 is 4.90 Å². The number of nitrogens with zero attached hydrogens (tertiary/aromatic N) is 2. The van der Waals surface area contributed by atoms with Gasteiger partial charge >= 0.3 is 0 Å². The zero-order chi connectivity index (χ0) is 14.8. The van der Waals surface area contributed by atoms with Gasteiger partial charge in [-0.1, -0.05) is 18.2 Å². The largest absolute Gasteiger partial charge is 0.378 e. The van der Waals surface area contributed by atoms with Crippen LogP contribution in [0.3, 0.4) is 0 Å². The maximum absolute atomic E-state index is 13.1. The van der Waals surface area contributed by atoms with Crippen LogP contribution in [0.25, 0.3) is 22.4 Å². The minimum absolute atomic E-state index is 0.248. The summed E-state index contributed by atoms with van der Waals surface area (Å²) in [6.07, 6.45) is 3.99. The molecule has 0 aliphatic heterocycles. The van der Waals surface area contributed by atoms with Crippen molar-refractivity contribution in [2.24, 2.45) is 0 Å². The van der Waals surface area contributed by atoms with Crippen LogP contribution in [0.4, 0.5) is 10.1 Å². The van der Waals surface area contributed by atoms with Crippen molar-refractivity contribution in [3.05, 3.63) is 58.9 Å². The van der Waals surface area contributed by atoms with Crippen LogP contribution in [-0.4, -0.2) is 19.1 Å². The second-order valence-corrected chi connectivity index (χ2v) is 6.05. The Morgan fingerprint density at radius 1 is 1.05 bits per heavy atom. The summed E-state index contributed by atoms with van der Waals surface area (Å²) in [5.41, 5.74) is 3.00. The normalized spacial score (nSPS) is 11.4. The molecule has 0 N–H and O–H groups in total. The molecule has 0 aliphatic rings. The second-order valence-electron chi connectivity index (χ2n) is 4.98. The number of thiazole rings is 1. The van der Waals surface area contributed by atoms with Gasteiger partial charge in [0.05, 0.1) is 10.2 Å². The predicted molar refractivity (Wildman–Crippen MR) is 89.3 cm³/mol.